The Kier molecular flexibility index (Phi) is 4.52. The topological polar surface area (TPSA) is 99.6 Å². The number of hydrogen-bond donors (Lipinski definition) is 2. The minimum Gasteiger partial charge on any atom is -0.478 e. The fraction of sp³-hybridized carbons (Fsp3) is 0.429. The second-order valence-electron chi connectivity index (χ2n) is 4.93. The fourth-order valence-electron chi connectivity index (χ4n) is 2.30. The number of aromatic carboxylic acids is 1. The van der Waals surface area contributed by atoms with E-state index in [1.807, 2.05) is 0 Å². The summed E-state index contributed by atoms with van der Waals surface area (Å²) in [6.45, 7) is 2.98. The number of rotatable bonds is 4. The van der Waals surface area contributed by atoms with Crippen LogP contribution in [0, 0.1) is 0 Å². The van der Waals surface area contributed by atoms with E-state index in [9.17, 15) is 14.4 Å². The number of pyridine rings is 1. The molecule has 1 aromatic rings. The second kappa shape index (κ2) is 6.34. The second-order valence-corrected chi connectivity index (χ2v) is 4.93. The van der Waals surface area contributed by atoms with Crippen LogP contribution in [0.2, 0.25) is 0 Å². The zero-order valence-corrected chi connectivity index (χ0v) is 11.7. The molecule has 112 valence electrons. The number of hydrogen-bond acceptors (Lipinski definition) is 4. The summed E-state index contributed by atoms with van der Waals surface area (Å²) in [6.07, 6.45) is 3.28. The highest BCUT2D eigenvalue weighted by molar-refractivity contribution is 6.04. The Bertz CT molecular complexity index is 567. The average Bonchev–Trinajstić information content (AvgIpc) is 3.00. The van der Waals surface area contributed by atoms with Gasteiger partial charge >= 0.3 is 5.97 Å². The van der Waals surface area contributed by atoms with E-state index in [0.717, 1.165) is 12.8 Å². The lowest BCUT2D eigenvalue weighted by atomic mass is 10.1. The lowest BCUT2D eigenvalue weighted by molar-refractivity contribution is -0.131. The minimum absolute atomic E-state index is 0.159. The van der Waals surface area contributed by atoms with Crippen molar-refractivity contribution in [1.82, 2.24) is 15.2 Å². The first-order valence-electron chi connectivity index (χ1n) is 6.78. The molecule has 2 heterocycles. The van der Waals surface area contributed by atoms with Gasteiger partial charge in [0.25, 0.3) is 5.91 Å². The summed E-state index contributed by atoms with van der Waals surface area (Å²) in [6, 6.07) is 2.04. The molecule has 7 nitrogen and oxygen atoms in total. The van der Waals surface area contributed by atoms with E-state index >= 15 is 0 Å². The van der Waals surface area contributed by atoms with Crippen LogP contribution in [-0.2, 0) is 4.79 Å². The number of likely N-dealkylation sites (tertiary alicyclic amines) is 1. The molecular weight excluding hydrogens is 274 g/mol. The molecule has 1 fully saturated rings. The van der Waals surface area contributed by atoms with Crippen LogP contribution in [0.4, 0.5) is 0 Å². The molecule has 1 aliphatic rings. The highest BCUT2D eigenvalue weighted by Crippen LogP contribution is 2.10. The van der Waals surface area contributed by atoms with E-state index in [0.29, 0.717) is 13.1 Å². The van der Waals surface area contributed by atoms with Gasteiger partial charge in [-0.05, 0) is 31.9 Å². The van der Waals surface area contributed by atoms with E-state index in [2.05, 4.69) is 10.3 Å². The number of nitrogens with one attached hydrogen (secondary N) is 1. The summed E-state index contributed by atoms with van der Waals surface area (Å²) in [7, 11) is 0. The maximum atomic E-state index is 12.1. The Morgan fingerprint density at radius 3 is 2.62 bits per heavy atom. The molecular formula is C14H17N3O4. The number of carbonyl (C=O) groups is 3. The summed E-state index contributed by atoms with van der Waals surface area (Å²) in [5, 5.41) is 11.5. The minimum atomic E-state index is -1.23. The van der Waals surface area contributed by atoms with Gasteiger partial charge in [-0.3, -0.25) is 14.6 Å². The SMILES string of the molecule is CC(NC(=O)c1ncccc1C(=O)O)C(=O)N1CCCC1. The van der Waals surface area contributed by atoms with Crippen LogP contribution < -0.4 is 5.32 Å². The maximum absolute atomic E-state index is 12.1. The lowest BCUT2D eigenvalue weighted by Gasteiger charge is -2.21. The molecule has 0 bridgehead atoms. The number of carbonyl (C=O) groups excluding carboxylic acids is 2. The molecule has 1 aromatic heterocycles. The van der Waals surface area contributed by atoms with Crippen LogP contribution in [0.3, 0.4) is 0 Å². The molecule has 0 spiro atoms. The molecule has 0 aromatic carbocycles. The van der Waals surface area contributed by atoms with Gasteiger partial charge in [-0.2, -0.15) is 0 Å². The number of aromatic nitrogens is 1. The first kappa shape index (κ1) is 15.0. The van der Waals surface area contributed by atoms with E-state index < -0.39 is 17.9 Å². The van der Waals surface area contributed by atoms with Crippen molar-refractivity contribution in [2.75, 3.05) is 13.1 Å². The van der Waals surface area contributed by atoms with Crippen molar-refractivity contribution in [3.63, 3.8) is 0 Å². The zero-order valence-electron chi connectivity index (χ0n) is 11.7. The quantitative estimate of drug-likeness (QED) is 0.842. The van der Waals surface area contributed by atoms with Gasteiger partial charge in [-0.1, -0.05) is 0 Å². The standard InChI is InChI=1S/C14H17N3O4/c1-9(13(19)17-7-2-3-8-17)16-12(18)11-10(14(20)21)5-4-6-15-11/h4-6,9H,2-3,7-8H2,1H3,(H,16,18)(H,20,21). The van der Waals surface area contributed by atoms with Crippen LogP contribution in [-0.4, -0.2) is 51.9 Å². The Hall–Kier alpha value is -2.44. The van der Waals surface area contributed by atoms with Crippen molar-refractivity contribution < 1.29 is 19.5 Å². The molecule has 1 unspecified atom stereocenters. The molecule has 2 amide bonds. The van der Waals surface area contributed by atoms with Gasteiger partial charge < -0.3 is 15.3 Å². The molecule has 1 atom stereocenters. The number of carboxylic acid groups (broad SMARTS) is 1. The van der Waals surface area contributed by atoms with Crippen molar-refractivity contribution in [3.05, 3.63) is 29.6 Å². The smallest absolute Gasteiger partial charge is 0.338 e. The molecule has 0 aliphatic carbocycles. The summed E-state index contributed by atoms with van der Waals surface area (Å²) < 4.78 is 0. The number of nitrogens with zero attached hydrogens (tertiary/aromatic N) is 2. The van der Waals surface area contributed by atoms with E-state index in [4.69, 9.17) is 5.11 Å². The molecule has 0 saturated carbocycles. The third-order valence-corrected chi connectivity index (χ3v) is 3.39. The zero-order chi connectivity index (χ0) is 15.4. The first-order chi connectivity index (χ1) is 10.0. The van der Waals surface area contributed by atoms with Gasteiger partial charge in [0.05, 0.1) is 5.56 Å². The van der Waals surface area contributed by atoms with Crippen molar-refractivity contribution in [2.24, 2.45) is 0 Å². The highest BCUT2D eigenvalue weighted by atomic mass is 16.4. The normalized spacial score (nSPS) is 15.6. The summed E-state index contributed by atoms with van der Waals surface area (Å²) >= 11 is 0. The van der Waals surface area contributed by atoms with E-state index in [1.165, 1.54) is 18.3 Å². The Morgan fingerprint density at radius 1 is 1.33 bits per heavy atom. The molecule has 0 radical (unpaired) electrons. The van der Waals surface area contributed by atoms with Crippen molar-refractivity contribution in [2.45, 2.75) is 25.8 Å². The van der Waals surface area contributed by atoms with Crippen molar-refractivity contribution in [3.8, 4) is 0 Å². The summed E-state index contributed by atoms with van der Waals surface area (Å²) in [5.74, 6) is -2.05. The Morgan fingerprint density at radius 2 is 2.00 bits per heavy atom. The van der Waals surface area contributed by atoms with Gasteiger partial charge in [0.2, 0.25) is 5.91 Å². The summed E-state index contributed by atoms with van der Waals surface area (Å²) in [4.78, 5) is 40.7. The first-order valence-corrected chi connectivity index (χ1v) is 6.78. The van der Waals surface area contributed by atoms with Gasteiger partial charge in [0.1, 0.15) is 11.7 Å². The molecule has 2 N–H and O–H groups in total. The fourth-order valence-corrected chi connectivity index (χ4v) is 2.30. The predicted octanol–water partition coefficient (Wildman–Crippen LogP) is 0.520. The van der Waals surface area contributed by atoms with Gasteiger partial charge in [0.15, 0.2) is 0 Å². The van der Waals surface area contributed by atoms with Gasteiger partial charge in [0, 0.05) is 19.3 Å². The Balaban J connectivity index is 2.07. The molecule has 21 heavy (non-hydrogen) atoms. The average molecular weight is 291 g/mol. The van der Waals surface area contributed by atoms with Crippen LogP contribution in [0.5, 0.6) is 0 Å². The summed E-state index contributed by atoms with van der Waals surface area (Å²) in [5.41, 5.74) is -0.373. The lowest BCUT2D eigenvalue weighted by Crippen LogP contribution is -2.46. The predicted molar refractivity (Wildman–Crippen MR) is 73.9 cm³/mol. The van der Waals surface area contributed by atoms with Crippen molar-refractivity contribution in [1.29, 1.82) is 0 Å². The van der Waals surface area contributed by atoms with Crippen LogP contribution in [0.15, 0.2) is 18.3 Å². The largest absolute Gasteiger partial charge is 0.478 e. The monoisotopic (exact) mass is 291 g/mol. The van der Waals surface area contributed by atoms with Crippen LogP contribution in [0.25, 0.3) is 0 Å². The van der Waals surface area contributed by atoms with Crippen LogP contribution in [0.1, 0.15) is 40.6 Å². The van der Waals surface area contributed by atoms with Gasteiger partial charge in [-0.15, -0.1) is 0 Å². The molecule has 7 heteroatoms. The van der Waals surface area contributed by atoms with Crippen LogP contribution >= 0.6 is 0 Å². The molecule has 1 aliphatic heterocycles. The third-order valence-electron chi connectivity index (χ3n) is 3.39. The Labute approximate surface area is 122 Å². The van der Waals surface area contributed by atoms with Gasteiger partial charge in [-0.25, -0.2) is 4.79 Å². The molecule has 2 rings (SSSR count). The van der Waals surface area contributed by atoms with E-state index in [-0.39, 0.29) is 17.2 Å². The number of amides is 2. The highest BCUT2D eigenvalue weighted by Gasteiger charge is 2.26. The maximum Gasteiger partial charge on any atom is 0.338 e. The molecule has 1 saturated heterocycles. The number of carboxylic acids is 1. The third kappa shape index (κ3) is 3.36. The van der Waals surface area contributed by atoms with Crippen molar-refractivity contribution >= 4 is 17.8 Å². The van der Waals surface area contributed by atoms with E-state index in [1.54, 1.807) is 11.8 Å².